The van der Waals surface area contributed by atoms with Crippen molar-refractivity contribution in [3.63, 3.8) is 0 Å². The number of carbonyl (C=O) groups is 3. The summed E-state index contributed by atoms with van der Waals surface area (Å²) in [6.07, 6.45) is 2.99. The highest BCUT2D eigenvalue weighted by Crippen LogP contribution is 2.35. The highest BCUT2D eigenvalue weighted by Gasteiger charge is 2.49. The second kappa shape index (κ2) is 11.5. The Labute approximate surface area is 244 Å². The van der Waals surface area contributed by atoms with Crippen LogP contribution in [-0.4, -0.2) is 82.8 Å². The van der Waals surface area contributed by atoms with E-state index in [2.05, 4.69) is 4.90 Å². The lowest BCUT2D eigenvalue weighted by Gasteiger charge is -2.40. The van der Waals surface area contributed by atoms with Crippen LogP contribution in [0.4, 0.5) is 20.6 Å². The maximum absolute atomic E-state index is 13.4. The van der Waals surface area contributed by atoms with Crippen molar-refractivity contribution in [3.05, 3.63) is 59.4 Å². The van der Waals surface area contributed by atoms with E-state index >= 15 is 0 Å². The van der Waals surface area contributed by atoms with Crippen LogP contribution < -0.4 is 9.38 Å². The van der Waals surface area contributed by atoms with E-state index in [1.807, 2.05) is 24.8 Å². The van der Waals surface area contributed by atoms with Gasteiger partial charge in [0.1, 0.15) is 36.7 Å². The van der Waals surface area contributed by atoms with Gasteiger partial charge in [-0.15, -0.1) is 0 Å². The van der Waals surface area contributed by atoms with E-state index in [1.165, 1.54) is 12.1 Å². The topological polar surface area (TPSA) is 90.4 Å². The van der Waals surface area contributed by atoms with E-state index < -0.39 is 11.6 Å². The van der Waals surface area contributed by atoms with Crippen LogP contribution in [0.5, 0.6) is 0 Å². The van der Waals surface area contributed by atoms with Crippen molar-refractivity contribution < 1.29 is 28.6 Å². The van der Waals surface area contributed by atoms with E-state index in [1.54, 1.807) is 29.2 Å². The number of cyclic esters (lactones) is 1. The molecule has 2 saturated heterocycles. The molecule has 41 heavy (non-hydrogen) atoms. The van der Waals surface area contributed by atoms with Gasteiger partial charge in [0.25, 0.3) is 5.91 Å². The van der Waals surface area contributed by atoms with Crippen LogP contribution in [-0.2, 0) is 16.1 Å². The average molecular weight is 584 g/mol. The molecule has 11 heteroatoms. The minimum atomic E-state index is -0.906. The molecule has 0 atom stereocenters. The van der Waals surface area contributed by atoms with Crippen LogP contribution in [0.2, 0.25) is 0 Å². The lowest BCUT2D eigenvalue weighted by Crippen LogP contribution is -2.63. The molecule has 0 spiro atoms. The van der Waals surface area contributed by atoms with Crippen molar-refractivity contribution in [1.82, 2.24) is 14.3 Å². The molecule has 5 rings (SSSR count). The minimum absolute atomic E-state index is 0.0886. The van der Waals surface area contributed by atoms with Crippen molar-refractivity contribution in [2.45, 2.75) is 51.7 Å². The fraction of sp³-hybridized carbons (Fsp3) is 0.467. The van der Waals surface area contributed by atoms with Crippen molar-refractivity contribution in [2.24, 2.45) is 0 Å². The molecule has 0 unspecified atom stereocenters. The van der Waals surface area contributed by atoms with E-state index in [0.717, 1.165) is 37.8 Å². The van der Waals surface area contributed by atoms with Gasteiger partial charge in [-0.25, -0.2) is 9.18 Å². The lowest BCUT2D eigenvalue weighted by molar-refractivity contribution is -0.123. The van der Waals surface area contributed by atoms with Gasteiger partial charge in [-0.3, -0.25) is 14.6 Å². The van der Waals surface area contributed by atoms with Crippen LogP contribution in [0.15, 0.2) is 42.5 Å². The molecule has 2 amide bonds. The summed E-state index contributed by atoms with van der Waals surface area (Å²) in [6.45, 7) is 7.77. The molecule has 0 radical (unpaired) electrons. The molecule has 3 heterocycles. The Morgan fingerprint density at radius 3 is 2.34 bits per heavy atom. The number of ether oxygens (including phenoxy) is 1. The largest absolute Gasteiger partial charge is 0.518 e. The van der Waals surface area contributed by atoms with Crippen LogP contribution in [0.1, 0.15) is 55.5 Å². The number of piperazine rings is 1. The summed E-state index contributed by atoms with van der Waals surface area (Å²) in [7, 11) is 0. The number of rotatable bonds is 9. The maximum atomic E-state index is 13.4. The monoisotopic (exact) mass is 583 g/mol. The highest BCUT2D eigenvalue weighted by atomic mass is 32.1. The van der Waals surface area contributed by atoms with E-state index in [-0.39, 0.29) is 28.8 Å². The van der Waals surface area contributed by atoms with Crippen molar-refractivity contribution in [2.75, 3.05) is 44.2 Å². The van der Waals surface area contributed by atoms with Gasteiger partial charge in [0.15, 0.2) is 5.11 Å². The predicted molar refractivity (Wildman–Crippen MR) is 157 cm³/mol. The quantitative estimate of drug-likeness (QED) is 0.196. The molecule has 0 saturated carbocycles. The van der Waals surface area contributed by atoms with Crippen LogP contribution in [0.25, 0.3) is 0 Å². The third kappa shape index (κ3) is 5.45. The summed E-state index contributed by atoms with van der Waals surface area (Å²) in [4.78, 5) is 43.2. The normalized spacial score (nSPS) is 19.9. The average Bonchev–Trinajstić information content (AvgIpc) is 3.40. The number of anilines is 1. The number of esters is 1. The molecule has 0 bridgehead atoms. The molecular weight excluding hydrogens is 547 g/mol. The fourth-order valence-electron chi connectivity index (χ4n) is 6.01. The minimum Gasteiger partial charge on any atom is -0.457 e. The lowest BCUT2D eigenvalue weighted by atomic mass is 10.0. The first-order chi connectivity index (χ1) is 19.5. The molecule has 0 aromatic heterocycles. The Morgan fingerprint density at radius 2 is 1.68 bits per heavy atom. The molecule has 3 aliphatic heterocycles. The summed E-state index contributed by atoms with van der Waals surface area (Å²) in [5.74, 6) is -0.806. The Hall–Kier alpha value is -3.41. The first-order valence-corrected chi connectivity index (χ1v) is 14.5. The third-order valence-corrected chi connectivity index (χ3v) is 9.04. The van der Waals surface area contributed by atoms with Crippen LogP contribution in [0, 0.1) is 5.82 Å². The Bertz CT molecular complexity index is 1360. The molecule has 0 aliphatic carbocycles. The zero-order valence-corrected chi connectivity index (χ0v) is 24.3. The maximum Gasteiger partial charge on any atom is 0.518 e. The summed E-state index contributed by atoms with van der Waals surface area (Å²) < 4.78 is 18.3. The van der Waals surface area contributed by atoms with Gasteiger partial charge in [-0.05, 0) is 75.8 Å². The number of amides is 2. The van der Waals surface area contributed by atoms with E-state index in [0.29, 0.717) is 54.8 Å². The molecular formula is C30H36FN4O5S+. The molecule has 1 N–H and O–H groups in total. The number of benzene rings is 2. The standard InChI is InChI=1S/C30H35FN4O5S/c1-30(2)27(37)34(23-9-12-25-21(19-23)20-40-26(25)36)28(41)33(30)14-6-4-3-5-13-32-15-17-35(18-16-32,29(38)39)24-10-7-22(31)8-11-24/h7-12,19H,3-6,13-18,20H2,1-2H3/p+1. The first kappa shape index (κ1) is 29.1. The Morgan fingerprint density at radius 1 is 1.02 bits per heavy atom. The SMILES string of the molecule is CC1(C)C(=O)N(c2ccc3c(c2)COC3=O)C(=S)N1CCCCCCN1CC[N+](C(=O)O)(c2ccc(F)cc2)CC1. The summed E-state index contributed by atoms with van der Waals surface area (Å²) in [5, 5.41) is 10.4. The number of thiocarbonyl (C=S) groups is 1. The zero-order chi connectivity index (χ0) is 29.4. The molecule has 9 nitrogen and oxygen atoms in total. The number of quaternary nitrogens is 1. The summed E-state index contributed by atoms with van der Waals surface area (Å²) >= 11 is 5.75. The van der Waals surface area contributed by atoms with Crippen LogP contribution >= 0.6 is 12.2 Å². The van der Waals surface area contributed by atoms with E-state index in [9.17, 15) is 23.9 Å². The zero-order valence-electron chi connectivity index (χ0n) is 23.5. The summed E-state index contributed by atoms with van der Waals surface area (Å²) in [6, 6.07) is 11.0. The molecule has 2 aromatic rings. The van der Waals surface area contributed by atoms with Gasteiger partial charge in [-0.2, -0.15) is 9.28 Å². The smallest absolute Gasteiger partial charge is 0.457 e. The Balaban J connectivity index is 1.08. The van der Waals surface area contributed by atoms with Gasteiger partial charge >= 0.3 is 12.1 Å². The van der Waals surface area contributed by atoms with Crippen molar-refractivity contribution >= 4 is 46.7 Å². The fourth-order valence-corrected chi connectivity index (χ4v) is 6.52. The van der Waals surface area contributed by atoms with Gasteiger partial charge in [0.05, 0.1) is 11.3 Å². The third-order valence-electron chi connectivity index (χ3n) is 8.64. The van der Waals surface area contributed by atoms with E-state index in [4.69, 9.17) is 17.0 Å². The van der Waals surface area contributed by atoms with Gasteiger partial charge in [-0.1, -0.05) is 12.8 Å². The number of fused-ring (bicyclic) bond motifs is 1. The van der Waals surface area contributed by atoms with Gasteiger partial charge < -0.3 is 14.7 Å². The highest BCUT2D eigenvalue weighted by molar-refractivity contribution is 7.80. The number of nitrogens with zero attached hydrogens (tertiary/aromatic N) is 4. The second-order valence-electron chi connectivity index (χ2n) is 11.5. The molecule has 218 valence electrons. The van der Waals surface area contributed by atoms with Crippen molar-refractivity contribution in [1.29, 1.82) is 0 Å². The number of halogens is 1. The van der Waals surface area contributed by atoms with Gasteiger partial charge in [0, 0.05) is 37.3 Å². The number of carboxylic acid groups (broad SMARTS) is 1. The number of hydrogen-bond donors (Lipinski definition) is 1. The second-order valence-corrected chi connectivity index (χ2v) is 11.8. The summed E-state index contributed by atoms with van der Waals surface area (Å²) in [5.41, 5.74) is 1.78. The predicted octanol–water partition coefficient (Wildman–Crippen LogP) is 4.77. The number of unbranched alkanes of at least 4 members (excludes halogenated alkanes) is 3. The molecule has 2 fully saturated rings. The number of hydrogen-bond acceptors (Lipinski definition) is 6. The van der Waals surface area contributed by atoms with Crippen LogP contribution in [0.3, 0.4) is 0 Å². The van der Waals surface area contributed by atoms with Crippen molar-refractivity contribution in [3.8, 4) is 0 Å². The number of carbonyl (C=O) groups excluding carboxylic acids is 2. The molecule has 3 aliphatic rings. The Kier molecular flexibility index (Phi) is 8.13. The molecule has 2 aromatic carbocycles. The van der Waals surface area contributed by atoms with Gasteiger partial charge in [0.2, 0.25) is 0 Å². The first-order valence-electron chi connectivity index (χ1n) is 14.1.